The van der Waals surface area contributed by atoms with Gasteiger partial charge in [0.2, 0.25) is 0 Å². The van der Waals surface area contributed by atoms with E-state index >= 15 is 0 Å². The minimum Gasteiger partial charge on any atom is -0.365 e. The molecule has 0 atom stereocenters. The van der Waals surface area contributed by atoms with Crippen molar-refractivity contribution in [3.63, 3.8) is 0 Å². The Labute approximate surface area is 66.3 Å². The van der Waals surface area contributed by atoms with Crippen molar-refractivity contribution >= 4 is 16.8 Å². The van der Waals surface area contributed by atoms with Gasteiger partial charge >= 0.3 is 0 Å². The molecule has 0 bridgehead atoms. The summed E-state index contributed by atoms with van der Waals surface area (Å²) in [5.74, 6) is 0. The Morgan fingerprint density at radius 3 is 2.60 bits per heavy atom. The zero-order chi connectivity index (χ0) is 7.61. The first-order valence-electron chi connectivity index (χ1n) is 3.99. The van der Waals surface area contributed by atoms with Crippen LogP contribution < -0.4 is 0 Å². The SMILES string of the molecule is C[SiH2][Si](C)(C)N1CCOC1. The van der Waals surface area contributed by atoms with Gasteiger partial charge in [-0.3, -0.25) is 0 Å². The molecule has 10 heavy (non-hydrogen) atoms. The van der Waals surface area contributed by atoms with Crippen molar-refractivity contribution in [1.29, 1.82) is 0 Å². The third-order valence-corrected chi connectivity index (χ3v) is 12.8. The molecule has 0 aromatic heterocycles. The second kappa shape index (κ2) is 3.17. The molecule has 0 spiro atoms. The Kier molecular flexibility index (Phi) is 2.68. The van der Waals surface area contributed by atoms with Crippen LogP contribution in [0.4, 0.5) is 0 Å². The van der Waals surface area contributed by atoms with Crippen LogP contribution in [0, 0.1) is 0 Å². The van der Waals surface area contributed by atoms with Crippen LogP contribution in [0.5, 0.6) is 0 Å². The molecule has 1 aliphatic rings. The van der Waals surface area contributed by atoms with Crippen LogP contribution in [0.2, 0.25) is 19.6 Å². The quantitative estimate of drug-likeness (QED) is 0.556. The summed E-state index contributed by atoms with van der Waals surface area (Å²) in [7, 11) is -0.700. The van der Waals surface area contributed by atoms with Gasteiger partial charge in [0, 0.05) is 15.6 Å². The first-order valence-corrected chi connectivity index (χ1v) is 10.7. The monoisotopic (exact) mass is 175 g/mol. The second-order valence-electron chi connectivity index (χ2n) is 3.47. The minimum absolute atomic E-state index is 0.197. The van der Waals surface area contributed by atoms with Gasteiger partial charge in [-0.25, -0.2) is 0 Å². The van der Waals surface area contributed by atoms with E-state index in [1.54, 1.807) is 0 Å². The summed E-state index contributed by atoms with van der Waals surface area (Å²) in [6, 6.07) is 0. The molecule has 1 aliphatic heterocycles. The first-order chi connectivity index (χ1) is 4.67. The fourth-order valence-electron chi connectivity index (χ4n) is 1.12. The molecule has 0 aromatic carbocycles. The van der Waals surface area contributed by atoms with E-state index in [2.05, 4.69) is 24.2 Å². The van der Waals surface area contributed by atoms with E-state index in [9.17, 15) is 0 Å². The lowest BCUT2D eigenvalue weighted by molar-refractivity contribution is 0.170. The molecule has 0 N–H and O–H groups in total. The lowest BCUT2D eigenvalue weighted by Gasteiger charge is -2.30. The molecular formula is C6H17NOSi2. The Morgan fingerprint density at radius 2 is 2.20 bits per heavy atom. The van der Waals surface area contributed by atoms with Crippen LogP contribution in [-0.2, 0) is 4.74 Å². The third kappa shape index (κ3) is 1.69. The average Bonchev–Trinajstić information content (AvgIpc) is 2.38. The molecule has 1 saturated heterocycles. The molecule has 2 nitrogen and oxygen atoms in total. The van der Waals surface area contributed by atoms with Crippen LogP contribution in [0.1, 0.15) is 0 Å². The predicted octanol–water partition coefficient (Wildman–Crippen LogP) is 0.195. The van der Waals surface area contributed by atoms with Gasteiger partial charge in [-0.15, -0.1) is 0 Å². The standard InChI is InChI=1S/C6H17NOSi2/c1-9-10(2,3)7-4-5-8-6-7/h4-6,9H2,1-3H3. The summed E-state index contributed by atoms with van der Waals surface area (Å²) in [5.41, 5.74) is 0. The second-order valence-corrected chi connectivity index (χ2v) is 15.7. The maximum atomic E-state index is 5.33. The Hall–Kier alpha value is 0.354. The van der Waals surface area contributed by atoms with Gasteiger partial charge in [-0.05, 0) is 0 Å². The number of hydrogen-bond donors (Lipinski definition) is 0. The molecule has 0 saturated carbocycles. The summed E-state index contributed by atoms with van der Waals surface area (Å²) < 4.78 is 7.91. The van der Waals surface area contributed by atoms with Gasteiger partial charge in [0.1, 0.15) is 7.75 Å². The van der Waals surface area contributed by atoms with Crippen LogP contribution in [0.3, 0.4) is 0 Å². The van der Waals surface area contributed by atoms with E-state index < -0.39 is 7.75 Å². The van der Waals surface area contributed by atoms with Crippen molar-refractivity contribution in [2.24, 2.45) is 0 Å². The lowest BCUT2D eigenvalue weighted by Crippen LogP contribution is -2.51. The van der Waals surface area contributed by atoms with Crippen LogP contribution in [0.25, 0.3) is 0 Å². The molecule has 0 radical (unpaired) electrons. The maximum Gasteiger partial charge on any atom is 0.107 e. The highest BCUT2D eigenvalue weighted by molar-refractivity contribution is 7.21. The Bertz CT molecular complexity index is 112. The summed E-state index contributed by atoms with van der Waals surface area (Å²) in [5, 5.41) is 0. The normalized spacial score (nSPS) is 23.1. The summed E-state index contributed by atoms with van der Waals surface area (Å²) in [6.07, 6.45) is 0. The van der Waals surface area contributed by atoms with E-state index in [0.717, 1.165) is 13.3 Å². The van der Waals surface area contributed by atoms with Crippen molar-refractivity contribution in [2.45, 2.75) is 19.6 Å². The van der Waals surface area contributed by atoms with Gasteiger partial charge < -0.3 is 9.30 Å². The summed E-state index contributed by atoms with van der Waals surface area (Å²) >= 11 is 0. The molecule has 4 heteroatoms. The van der Waals surface area contributed by atoms with Crippen molar-refractivity contribution in [3.05, 3.63) is 0 Å². The maximum absolute atomic E-state index is 5.33. The fourth-order valence-corrected chi connectivity index (χ4v) is 4.79. The first kappa shape index (κ1) is 8.45. The predicted molar refractivity (Wildman–Crippen MR) is 49.4 cm³/mol. The average molecular weight is 175 g/mol. The highest BCUT2D eigenvalue weighted by atomic mass is 29.2. The molecule has 0 aromatic rings. The van der Waals surface area contributed by atoms with E-state index in [-0.39, 0.29) is 9.04 Å². The highest BCUT2D eigenvalue weighted by Gasteiger charge is 2.29. The summed E-state index contributed by atoms with van der Waals surface area (Å²) in [4.78, 5) is 0. The minimum atomic E-state index is -0.897. The molecule has 0 unspecified atom stereocenters. The van der Waals surface area contributed by atoms with Crippen molar-refractivity contribution in [3.8, 4) is 0 Å². The molecule has 1 rings (SSSR count). The van der Waals surface area contributed by atoms with Gasteiger partial charge in [-0.1, -0.05) is 19.6 Å². The zero-order valence-electron chi connectivity index (χ0n) is 7.18. The molecule has 0 amide bonds. The van der Waals surface area contributed by atoms with Crippen LogP contribution in [0.15, 0.2) is 0 Å². The number of hydrogen-bond acceptors (Lipinski definition) is 2. The van der Waals surface area contributed by atoms with Crippen molar-refractivity contribution < 1.29 is 4.74 Å². The third-order valence-electron chi connectivity index (χ3n) is 2.47. The largest absolute Gasteiger partial charge is 0.365 e. The Morgan fingerprint density at radius 1 is 1.50 bits per heavy atom. The lowest BCUT2D eigenvalue weighted by atomic mass is 10.7. The van der Waals surface area contributed by atoms with E-state index in [1.165, 1.54) is 6.54 Å². The van der Waals surface area contributed by atoms with E-state index in [4.69, 9.17) is 4.74 Å². The molecule has 1 fully saturated rings. The van der Waals surface area contributed by atoms with Gasteiger partial charge in [0.25, 0.3) is 0 Å². The topological polar surface area (TPSA) is 12.5 Å². The van der Waals surface area contributed by atoms with Gasteiger partial charge in [0.05, 0.1) is 13.3 Å². The van der Waals surface area contributed by atoms with Gasteiger partial charge in [0.15, 0.2) is 0 Å². The van der Waals surface area contributed by atoms with Crippen LogP contribution in [-0.4, -0.2) is 41.2 Å². The molecule has 1 heterocycles. The molecule has 0 aliphatic carbocycles. The van der Waals surface area contributed by atoms with Crippen molar-refractivity contribution in [1.82, 2.24) is 4.57 Å². The summed E-state index contributed by atoms with van der Waals surface area (Å²) in [6.45, 7) is 10.4. The smallest absolute Gasteiger partial charge is 0.107 e. The van der Waals surface area contributed by atoms with Crippen molar-refractivity contribution in [2.75, 3.05) is 19.9 Å². The van der Waals surface area contributed by atoms with E-state index in [0.29, 0.717) is 0 Å². The molecular weight excluding hydrogens is 158 g/mol. The zero-order valence-corrected chi connectivity index (χ0v) is 9.60. The van der Waals surface area contributed by atoms with Crippen LogP contribution >= 0.6 is 0 Å². The molecule has 60 valence electrons. The van der Waals surface area contributed by atoms with Gasteiger partial charge in [-0.2, -0.15) is 0 Å². The van der Waals surface area contributed by atoms with E-state index in [1.807, 2.05) is 0 Å². The fraction of sp³-hybridized carbons (Fsp3) is 1.00. The Balaban J connectivity index is 2.45. The highest BCUT2D eigenvalue weighted by Crippen LogP contribution is 2.11. The number of ether oxygens (including phenoxy) is 1. The number of nitrogens with zero attached hydrogens (tertiary/aromatic N) is 1. The number of rotatable bonds is 2.